The number of carbonyl (C=O) groups is 2. The molecule has 1 aliphatic heterocycles. The molecule has 0 atom stereocenters. The molecule has 1 aliphatic rings. The second kappa shape index (κ2) is 8.97. The molecule has 0 bridgehead atoms. The first-order chi connectivity index (χ1) is 17.9. The van der Waals surface area contributed by atoms with Gasteiger partial charge in [-0.1, -0.05) is 34.6 Å². The Kier molecular flexibility index (Phi) is 6.00. The molecule has 4 aromatic rings. The second-order valence-electron chi connectivity index (χ2n) is 9.58. The first kappa shape index (κ1) is 25.4. The molecule has 0 spiro atoms. The lowest BCUT2D eigenvalue weighted by molar-refractivity contribution is -0.137. The molecule has 0 aliphatic carbocycles. The Hall–Kier alpha value is -4.21. The molecule has 10 heteroatoms. The number of aryl methyl sites for hydroxylation is 4. The Balaban J connectivity index is 1.78. The van der Waals surface area contributed by atoms with Gasteiger partial charge < -0.3 is 9.05 Å². The Morgan fingerprint density at radius 3 is 1.95 bits per heavy atom. The molecular weight excluding hydrogens is 499 g/mol. The normalized spacial score (nSPS) is 15.2. The predicted molar refractivity (Wildman–Crippen MR) is 131 cm³/mol. The van der Waals surface area contributed by atoms with Crippen LogP contribution in [-0.2, 0) is 29.2 Å². The number of benzene rings is 2. The topological polar surface area (TPSA) is 89.4 Å². The van der Waals surface area contributed by atoms with Gasteiger partial charge in [0.05, 0.1) is 28.1 Å². The van der Waals surface area contributed by atoms with E-state index in [-0.39, 0.29) is 24.1 Å². The number of amides is 2. The van der Waals surface area contributed by atoms with Crippen LogP contribution < -0.4 is 4.90 Å². The lowest BCUT2D eigenvalue weighted by Crippen LogP contribution is -2.57. The summed E-state index contributed by atoms with van der Waals surface area (Å²) >= 11 is 0. The van der Waals surface area contributed by atoms with Crippen molar-refractivity contribution in [2.75, 3.05) is 4.90 Å². The molecule has 38 heavy (non-hydrogen) atoms. The molecular formula is C28H24F3N3O4. The largest absolute Gasteiger partial charge is 0.416 e. The number of aromatic nitrogens is 2. The molecule has 196 valence electrons. The highest BCUT2D eigenvalue weighted by molar-refractivity contribution is 6.27. The summed E-state index contributed by atoms with van der Waals surface area (Å²) in [7, 11) is 0. The lowest BCUT2D eigenvalue weighted by atomic mass is 9.66. The van der Waals surface area contributed by atoms with Gasteiger partial charge in [-0.3, -0.25) is 9.59 Å². The van der Waals surface area contributed by atoms with E-state index >= 15 is 0 Å². The molecule has 2 aromatic carbocycles. The Morgan fingerprint density at radius 1 is 0.842 bits per heavy atom. The van der Waals surface area contributed by atoms with Crippen molar-refractivity contribution in [3.05, 3.63) is 99.3 Å². The summed E-state index contributed by atoms with van der Waals surface area (Å²) in [5, 5.41) is 8.07. The van der Waals surface area contributed by atoms with Crippen molar-refractivity contribution >= 4 is 17.5 Å². The first-order valence-corrected chi connectivity index (χ1v) is 11.9. The Bertz CT molecular complexity index is 1480. The summed E-state index contributed by atoms with van der Waals surface area (Å²) in [6.07, 6.45) is -4.46. The Labute approximate surface area is 216 Å². The number of nitrogens with zero attached hydrogens (tertiary/aromatic N) is 3. The summed E-state index contributed by atoms with van der Waals surface area (Å²) in [5.74, 6) is -0.333. The lowest BCUT2D eigenvalue weighted by Gasteiger charge is -2.42. The standard InChI is InChI=1S/C28H24F3N3O4/c1-15-22(17(3)37-32-15)13-27(14-23-16(2)33-38-18(23)4)24-11-6-5-10-21(24)25(35)34(26(27)36)20-9-7-8-19(12-20)28(29,30)31/h5-12H,13-14H2,1-4H3. The summed E-state index contributed by atoms with van der Waals surface area (Å²) in [6.45, 7) is 6.97. The van der Waals surface area contributed by atoms with Gasteiger partial charge in [0, 0.05) is 16.7 Å². The van der Waals surface area contributed by atoms with Crippen LogP contribution in [0.25, 0.3) is 0 Å². The van der Waals surface area contributed by atoms with Crippen LogP contribution in [0.3, 0.4) is 0 Å². The van der Waals surface area contributed by atoms with Gasteiger partial charge in [-0.15, -0.1) is 0 Å². The van der Waals surface area contributed by atoms with E-state index in [1.165, 1.54) is 12.1 Å². The maximum atomic E-state index is 14.6. The number of rotatable bonds is 5. The van der Waals surface area contributed by atoms with Crippen LogP contribution in [0.5, 0.6) is 0 Å². The van der Waals surface area contributed by atoms with Crippen molar-refractivity contribution < 1.29 is 31.8 Å². The molecule has 7 nitrogen and oxygen atoms in total. The molecule has 2 aromatic heterocycles. The summed E-state index contributed by atoms with van der Waals surface area (Å²) < 4.78 is 51.5. The number of imide groups is 1. The van der Waals surface area contributed by atoms with E-state index in [1.807, 2.05) is 0 Å². The van der Waals surface area contributed by atoms with Crippen molar-refractivity contribution in [2.45, 2.75) is 52.1 Å². The van der Waals surface area contributed by atoms with Crippen LogP contribution in [-0.4, -0.2) is 22.1 Å². The average molecular weight is 524 g/mol. The fraction of sp³-hybridized carbons (Fsp3) is 0.286. The van der Waals surface area contributed by atoms with Gasteiger partial charge in [-0.25, -0.2) is 4.90 Å². The van der Waals surface area contributed by atoms with Crippen LogP contribution in [0.15, 0.2) is 57.6 Å². The van der Waals surface area contributed by atoms with E-state index in [9.17, 15) is 22.8 Å². The van der Waals surface area contributed by atoms with Crippen LogP contribution >= 0.6 is 0 Å². The maximum absolute atomic E-state index is 14.6. The van der Waals surface area contributed by atoms with E-state index in [0.717, 1.165) is 17.0 Å². The molecule has 3 heterocycles. The fourth-order valence-corrected chi connectivity index (χ4v) is 5.20. The molecule has 5 rings (SSSR count). The van der Waals surface area contributed by atoms with Crippen LogP contribution in [0.1, 0.15) is 55.5 Å². The number of anilines is 1. The zero-order valence-corrected chi connectivity index (χ0v) is 21.1. The summed E-state index contributed by atoms with van der Waals surface area (Å²) in [6, 6.07) is 10.9. The number of halogens is 3. The van der Waals surface area contributed by atoms with Crippen molar-refractivity contribution in [1.29, 1.82) is 0 Å². The van der Waals surface area contributed by atoms with Crippen LogP contribution in [0.2, 0.25) is 0 Å². The maximum Gasteiger partial charge on any atom is 0.416 e. The van der Waals surface area contributed by atoms with Gasteiger partial charge in [-0.05, 0) is 70.4 Å². The zero-order valence-electron chi connectivity index (χ0n) is 21.1. The molecule has 0 radical (unpaired) electrons. The SMILES string of the molecule is Cc1noc(C)c1CC1(Cc2c(C)noc2C)C(=O)N(c2cccc(C(F)(F)F)c2)C(=O)c2ccccc21. The number of fused-ring (bicyclic) bond motifs is 1. The third-order valence-electron chi connectivity index (χ3n) is 7.24. The van der Waals surface area contributed by atoms with Gasteiger partial charge in [0.25, 0.3) is 5.91 Å². The molecule has 2 amide bonds. The minimum absolute atomic E-state index is 0.0941. The molecule has 0 N–H and O–H groups in total. The fourth-order valence-electron chi connectivity index (χ4n) is 5.20. The highest BCUT2D eigenvalue weighted by Crippen LogP contribution is 2.44. The highest BCUT2D eigenvalue weighted by Gasteiger charge is 2.52. The van der Waals surface area contributed by atoms with Crippen molar-refractivity contribution in [3.8, 4) is 0 Å². The van der Waals surface area contributed by atoms with E-state index in [1.54, 1.807) is 52.0 Å². The van der Waals surface area contributed by atoms with E-state index < -0.39 is 29.0 Å². The molecule has 0 saturated heterocycles. The van der Waals surface area contributed by atoms with Crippen molar-refractivity contribution in [1.82, 2.24) is 10.3 Å². The minimum atomic E-state index is -4.65. The molecule has 0 unspecified atom stereocenters. The van der Waals surface area contributed by atoms with Gasteiger partial charge in [0.2, 0.25) is 5.91 Å². The van der Waals surface area contributed by atoms with Gasteiger partial charge in [0.1, 0.15) is 11.5 Å². The van der Waals surface area contributed by atoms with Gasteiger partial charge in [-0.2, -0.15) is 13.2 Å². The third-order valence-corrected chi connectivity index (χ3v) is 7.24. The summed E-state index contributed by atoms with van der Waals surface area (Å²) in [4.78, 5) is 29.2. The van der Waals surface area contributed by atoms with E-state index in [0.29, 0.717) is 39.6 Å². The minimum Gasteiger partial charge on any atom is -0.361 e. The quantitative estimate of drug-likeness (QED) is 0.306. The van der Waals surface area contributed by atoms with Crippen LogP contribution in [0.4, 0.5) is 18.9 Å². The smallest absolute Gasteiger partial charge is 0.361 e. The van der Waals surface area contributed by atoms with Gasteiger partial charge in [0.15, 0.2) is 0 Å². The zero-order chi connectivity index (χ0) is 27.4. The van der Waals surface area contributed by atoms with Crippen LogP contribution in [0, 0.1) is 27.7 Å². The Morgan fingerprint density at radius 2 is 1.42 bits per heavy atom. The van der Waals surface area contributed by atoms with Gasteiger partial charge >= 0.3 is 6.18 Å². The van der Waals surface area contributed by atoms with E-state index in [2.05, 4.69) is 10.3 Å². The molecule has 0 saturated carbocycles. The second-order valence-corrected chi connectivity index (χ2v) is 9.58. The van der Waals surface area contributed by atoms with Crippen molar-refractivity contribution in [3.63, 3.8) is 0 Å². The monoisotopic (exact) mass is 523 g/mol. The van der Waals surface area contributed by atoms with Crippen molar-refractivity contribution in [2.24, 2.45) is 0 Å². The number of hydrogen-bond acceptors (Lipinski definition) is 6. The first-order valence-electron chi connectivity index (χ1n) is 11.9. The van der Waals surface area contributed by atoms with E-state index in [4.69, 9.17) is 9.05 Å². The highest BCUT2D eigenvalue weighted by atomic mass is 19.4. The number of alkyl halides is 3. The summed E-state index contributed by atoms with van der Waals surface area (Å²) in [5.41, 5.74) is 0.684. The molecule has 0 fully saturated rings. The predicted octanol–water partition coefficient (Wildman–Crippen LogP) is 5.83. The average Bonchev–Trinajstić information content (AvgIpc) is 3.37. The number of hydrogen-bond donors (Lipinski definition) is 0. The third kappa shape index (κ3) is 4.00. The number of carbonyl (C=O) groups excluding carboxylic acids is 2.